The monoisotopic (exact) mass is 356 g/mol. The van der Waals surface area contributed by atoms with Crippen molar-refractivity contribution < 1.29 is 24.2 Å². The van der Waals surface area contributed by atoms with E-state index in [1.54, 1.807) is 43.3 Å². The van der Waals surface area contributed by atoms with E-state index in [4.69, 9.17) is 4.74 Å². The number of benzene rings is 2. The number of hydrogen-bond acceptors (Lipinski definition) is 5. The summed E-state index contributed by atoms with van der Waals surface area (Å²) >= 11 is 0. The summed E-state index contributed by atoms with van der Waals surface area (Å²) in [4.78, 5) is 35.8. The SMILES string of the molecule is CCOC(=O)c1ccccc1NC(=O)C(=O)NCCc1ccc(O)cc1. The Morgan fingerprint density at radius 3 is 2.38 bits per heavy atom. The van der Waals surface area contributed by atoms with Crippen LogP contribution in [0.2, 0.25) is 0 Å². The van der Waals surface area contributed by atoms with Crippen LogP contribution in [0.3, 0.4) is 0 Å². The summed E-state index contributed by atoms with van der Waals surface area (Å²) in [5.41, 5.74) is 1.31. The van der Waals surface area contributed by atoms with Crippen molar-refractivity contribution in [2.75, 3.05) is 18.5 Å². The molecule has 7 heteroatoms. The average molecular weight is 356 g/mol. The first-order chi connectivity index (χ1) is 12.5. The van der Waals surface area contributed by atoms with Gasteiger partial charge in [0.25, 0.3) is 0 Å². The van der Waals surface area contributed by atoms with Crippen molar-refractivity contribution in [3.8, 4) is 5.75 Å². The van der Waals surface area contributed by atoms with Gasteiger partial charge in [-0.3, -0.25) is 9.59 Å². The minimum atomic E-state index is -0.868. The summed E-state index contributed by atoms with van der Waals surface area (Å²) in [7, 11) is 0. The third-order valence-corrected chi connectivity index (χ3v) is 3.51. The van der Waals surface area contributed by atoms with Crippen molar-refractivity contribution in [2.24, 2.45) is 0 Å². The molecule has 2 rings (SSSR count). The molecule has 0 spiro atoms. The summed E-state index contributed by atoms with van der Waals surface area (Å²) in [5.74, 6) is -2.08. The molecular weight excluding hydrogens is 336 g/mol. The molecule has 0 aliphatic rings. The lowest BCUT2D eigenvalue weighted by Gasteiger charge is -2.10. The second-order valence-corrected chi connectivity index (χ2v) is 5.39. The second kappa shape index (κ2) is 9.22. The number of phenols is 1. The highest BCUT2D eigenvalue weighted by molar-refractivity contribution is 6.40. The number of nitrogens with one attached hydrogen (secondary N) is 2. The van der Waals surface area contributed by atoms with Crippen molar-refractivity contribution in [1.29, 1.82) is 0 Å². The maximum Gasteiger partial charge on any atom is 0.340 e. The number of amides is 2. The standard InChI is InChI=1S/C19H20N2O5/c1-2-26-19(25)15-5-3-4-6-16(15)21-18(24)17(23)20-12-11-13-7-9-14(22)10-8-13/h3-10,22H,2,11-12H2,1H3,(H,20,23)(H,21,24). The number of anilines is 1. The Morgan fingerprint density at radius 1 is 1.00 bits per heavy atom. The zero-order valence-corrected chi connectivity index (χ0v) is 14.3. The Labute approximate surface area is 151 Å². The van der Waals surface area contributed by atoms with Crippen LogP contribution in [0.25, 0.3) is 0 Å². The van der Waals surface area contributed by atoms with E-state index in [1.165, 1.54) is 12.1 Å². The molecule has 0 atom stereocenters. The first kappa shape index (κ1) is 19.0. The molecule has 136 valence electrons. The Hall–Kier alpha value is -3.35. The average Bonchev–Trinajstić information content (AvgIpc) is 2.64. The van der Waals surface area contributed by atoms with Crippen LogP contribution in [-0.2, 0) is 20.7 Å². The van der Waals surface area contributed by atoms with Crippen LogP contribution in [0.5, 0.6) is 5.75 Å². The van der Waals surface area contributed by atoms with Gasteiger partial charge in [-0.1, -0.05) is 24.3 Å². The Balaban J connectivity index is 1.90. The first-order valence-electron chi connectivity index (χ1n) is 8.14. The molecule has 0 heterocycles. The molecule has 0 aliphatic carbocycles. The number of aromatic hydroxyl groups is 1. The van der Waals surface area contributed by atoms with E-state index < -0.39 is 17.8 Å². The molecule has 0 saturated heterocycles. The van der Waals surface area contributed by atoms with Gasteiger partial charge < -0.3 is 20.5 Å². The smallest absolute Gasteiger partial charge is 0.340 e. The van der Waals surface area contributed by atoms with Crippen molar-refractivity contribution in [3.63, 3.8) is 0 Å². The third-order valence-electron chi connectivity index (χ3n) is 3.51. The van der Waals surface area contributed by atoms with Gasteiger partial charge in [-0.2, -0.15) is 0 Å². The molecule has 0 fully saturated rings. The molecule has 0 aromatic heterocycles. The van der Waals surface area contributed by atoms with Gasteiger partial charge in [0.05, 0.1) is 17.9 Å². The van der Waals surface area contributed by atoms with Crippen LogP contribution >= 0.6 is 0 Å². The molecule has 2 aromatic carbocycles. The molecular formula is C19H20N2O5. The fourth-order valence-corrected chi connectivity index (χ4v) is 2.22. The maximum atomic E-state index is 12.0. The van der Waals surface area contributed by atoms with Crippen LogP contribution in [0.1, 0.15) is 22.8 Å². The Morgan fingerprint density at radius 2 is 1.69 bits per heavy atom. The highest BCUT2D eigenvalue weighted by atomic mass is 16.5. The molecule has 26 heavy (non-hydrogen) atoms. The number of carbonyl (C=O) groups is 3. The molecule has 0 aliphatic heterocycles. The lowest BCUT2D eigenvalue weighted by Crippen LogP contribution is -2.36. The molecule has 7 nitrogen and oxygen atoms in total. The summed E-state index contributed by atoms with van der Waals surface area (Å²) in [6.07, 6.45) is 0.513. The van der Waals surface area contributed by atoms with Gasteiger partial charge >= 0.3 is 17.8 Å². The quantitative estimate of drug-likeness (QED) is 0.541. The second-order valence-electron chi connectivity index (χ2n) is 5.39. The highest BCUT2D eigenvalue weighted by Gasteiger charge is 2.18. The molecule has 2 aromatic rings. The van der Waals surface area contributed by atoms with E-state index >= 15 is 0 Å². The van der Waals surface area contributed by atoms with E-state index in [1.807, 2.05) is 0 Å². The van der Waals surface area contributed by atoms with Crippen LogP contribution in [0.4, 0.5) is 5.69 Å². The van der Waals surface area contributed by atoms with Crippen molar-refractivity contribution in [1.82, 2.24) is 5.32 Å². The fourth-order valence-electron chi connectivity index (χ4n) is 2.22. The molecule has 0 saturated carbocycles. The zero-order valence-electron chi connectivity index (χ0n) is 14.3. The van der Waals surface area contributed by atoms with Crippen molar-refractivity contribution in [2.45, 2.75) is 13.3 Å². The van der Waals surface area contributed by atoms with Gasteiger partial charge in [0, 0.05) is 6.54 Å². The summed E-state index contributed by atoms with van der Waals surface area (Å²) in [5, 5.41) is 14.2. The Kier molecular flexibility index (Phi) is 6.73. The maximum absolute atomic E-state index is 12.0. The predicted molar refractivity (Wildman–Crippen MR) is 95.8 cm³/mol. The van der Waals surface area contributed by atoms with Crippen LogP contribution < -0.4 is 10.6 Å². The number of para-hydroxylation sites is 1. The molecule has 0 radical (unpaired) electrons. The highest BCUT2D eigenvalue weighted by Crippen LogP contribution is 2.16. The van der Waals surface area contributed by atoms with E-state index in [2.05, 4.69) is 10.6 Å². The van der Waals surface area contributed by atoms with Crippen LogP contribution in [0.15, 0.2) is 48.5 Å². The van der Waals surface area contributed by atoms with E-state index in [-0.39, 0.29) is 30.2 Å². The van der Waals surface area contributed by atoms with Crippen LogP contribution in [0, 0.1) is 0 Å². The topological polar surface area (TPSA) is 105 Å². The van der Waals surface area contributed by atoms with E-state index in [0.717, 1.165) is 5.56 Å². The number of carbonyl (C=O) groups excluding carboxylic acids is 3. The van der Waals surface area contributed by atoms with Crippen LogP contribution in [-0.4, -0.2) is 36.0 Å². The zero-order chi connectivity index (χ0) is 18.9. The molecule has 2 amide bonds. The van der Waals surface area contributed by atoms with Gasteiger partial charge in [-0.25, -0.2) is 4.79 Å². The van der Waals surface area contributed by atoms with Crippen molar-refractivity contribution >= 4 is 23.5 Å². The number of rotatable bonds is 6. The summed E-state index contributed by atoms with van der Waals surface area (Å²) in [6.45, 7) is 2.15. The normalized spacial score (nSPS) is 10.0. The largest absolute Gasteiger partial charge is 0.508 e. The van der Waals surface area contributed by atoms with E-state index in [9.17, 15) is 19.5 Å². The van der Waals surface area contributed by atoms with Gasteiger partial charge in [0.2, 0.25) is 0 Å². The predicted octanol–water partition coefficient (Wildman–Crippen LogP) is 1.87. The van der Waals surface area contributed by atoms with Gasteiger partial charge in [0.1, 0.15) is 5.75 Å². The molecule has 0 bridgehead atoms. The first-order valence-corrected chi connectivity index (χ1v) is 8.14. The fraction of sp³-hybridized carbons (Fsp3) is 0.211. The Bertz CT molecular complexity index is 787. The third kappa shape index (κ3) is 5.34. The van der Waals surface area contributed by atoms with Gasteiger partial charge in [0.15, 0.2) is 0 Å². The lowest BCUT2D eigenvalue weighted by atomic mass is 10.1. The minimum absolute atomic E-state index is 0.164. The van der Waals surface area contributed by atoms with E-state index in [0.29, 0.717) is 6.42 Å². The molecule has 3 N–H and O–H groups in total. The number of hydrogen-bond donors (Lipinski definition) is 3. The number of ether oxygens (including phenoxy) is 1. The van der Waals surface area contributed by atoms with Gasteiger partial charge in [-0.05, 0) is 43.2 Å². The minimum Gasteiger partial charge on any atom is -0.508 e. The van der Waals surface area contributed by atoms with Gasteiger partial charge in [-0.15, -0.1) is 0 Å². The molecule has 0 unspecified atom stereocenters. The summed E-state index contributed by atoms with van der Waals surface area (Å²) in [6, 6.07) is 12.9. The summed E-state index contributed by atoms with van der Waals surface area (Å²) < 4.78 is 4.92. The lowest BCUT2D eigenvalue weighted by molar-refractivity contribution is -0.136. The van der Waals surface area contributed by atoms with Crippen molar-refractivity contribution in [3.05, 3.63) is 59.7 Å². The number of phenolic OH excluding ortho intramolecular Hbond substituents is 1. The number of esters is 1.